The molecule has 0 saturated heterocycles. The molecular formula is C16H17F3N2O2S. The first-order valence-corrected chi connectivity index (χ1v) is 8.60. The molecule has 130 valence electrons. The van der Waals surface area contributed by atoms with Gasteiger partial charge in [0.15, 0.2) is 0 Å². The summed E-state index contributed by atoms with van der Waals surface area (Å²) in [6.45, 7) is 1.47. The fraction of sp³-hybridized carbons (Fsp3) is 0.250. The molecule has 0 aliphatic carbocycles. The summed E-state index contributed by atoms with van der Waals surface area (Å²) in [7, 11) is -3.87. The van der Waals surface area contributed by atoms with Gasteiger partial charge in [0.2, 0.25) is 10.0 Å². The van der Waals surface area contributed by atoms with Gasteiger partial charge >= 0.3 is 6.18 Å². The van der Waals surface area contributed by atoms with Gasteiger partial charge in [0.05, 0.1) is 10.5 Å². The van der Waals surface area contributed by atoms with E-state index in [9.17, 15) is 21.6 Å². The smallest absolute Gasteiger partial charge is 0.399 e. The molecule has 0 unspecified atom stereocenters. The number of sulfonamides is 1. The average molecular weight is 358 g/mol. The Morgan fingerprint density at radius 2 is 1.71 bits per heavy atom. The lowest BCUT2D eigenvalue weighted by Crippen LogP contribution is -2.26. The lowest BCUT2D eigenvalue weighted by atomic mass is 10.1. The maximum atomic E-state index is 12.6. The summed E-state index contributed by atoms with van der Waals surface area (Å²) in [6, 6.07) is 9.56. The molecule has 3 N–H and O–H groups in total. The van der Waals surface area contributed by atoms with Crippen LogP contribution in [0.4, 0.5) is 18.9 Å². The zero-order valence-electron chi connectivity index (χ0n) is 12.9. The molecular weight excluding hydrogens is 341 g/mol. The molecule has 0 aromatic heterocycles. The van der Waals surface area contributed by atoms with Crippen molar-refractivity contribution in [2.75, 3.05) is 12.3 Å². The van der Waals surface area contributed by atoms with Crippen LogP contribution in [-0.2, 0) is 22.6 Å². The second-order valence-electron chi connectivity index (χ2n) is 5.37. The third-order valence-corrected chi connectivity index (χ3v) is 5.10. The molecule has 0 heterocycles. The molecule has 0 aliphatic rings. The molecule has 0 bridgehead atoms. The molecule has 2 aromatic rings. The quantitative estimate of drug-likeness (QED) is 0.807. The van der Waals surface area contributed by atoms with E-state index >= 15 is 0 Å². The van der Waals surface area contributed by atoms with Crippen LogP contribution in [0.3, 0.4) is 0 Å². The van der Waals surface area contributed by atoms with Crippen molar-refractivity contribution >= 4 is 15.7 Å². The van der Waals surface area contributed by atoms with Crippen LogP contribution in [0.1, 0.15) is 16.7 Å². The second-order valence-corrected chi connectivity index (χ2v) is 7.10. The van der Waals surface area contributed by atoms with Crippen LogP contribution < -0.4 is 10.5 Å². The van der Waals surface area contributed by atoms with Crippen molar-refractivity contribution in [2.24, 2.45) is 0 Å². The number of aryl methyl sites for hydroxylation is 1. The predicted octanol–water partition coefficient (Wildman–Crippen LogP) is 3.12. The number of nitrogens with one attached hydrogen (secondary N) is 1. The molecule has 0 radical (unpaired) electrons. The van der Waals surface area contributed by atoms with Crippen molar-refractivity contribution in [2.45, 2.75) is 24.4 Å². The van der Waals surface area contributed by atoms with Gasteiger partial charge in [0.25, 0.3) is 0 Å². The van der Waals surface area contributed by atoms with E-state index in [1.54, 1.807) is 24.3 Å². The van der Waals surface area contributed by atoms with Gasteiger partial charge in [-0.15, -0.1) is 0 Å². The Morgan fingerprint density at radius 1 is 1.08 bits per heavy atom. The number of hydrogen-bond donors (Lipinski definition) is 2. The molecule has 2 rings (SSSR count). The van der Waals surface area contributed by atoms with E-state index in [0.29, 0.717) is 12.1 Å². The van der Waals surface area contributed by atoms with Gasteiger partial charge in [-0.05, 0) is 54.8 Å². The number of anilines is 1. The van der Waals surface area contributed by atoms with Gasteiger partial charge in [0.1, 0.15) is 0 Å². The van der Waals surface area contributed by atoms with Crippen molar-refractivity contribution in [3.05, 3.63) is 59.2 Å². The minimum Gasteiger partial charge on any atom is -0.399 e. The topological polar surface area (TPSA) is 72.2 Å². The maximum Gasteiger partial charge on any atom is 0.416 e. The molecule has 0 spiro atoms. The van der Waals surface area contributed by atoms with Crippen molar-refractivity contribution < 1.29 is 21.6 Å². The lowest BCUT2D eigenvalue weighted by molar-refractivity contribution is -0.137. The Labute approximate surface area is 138 Å². The highest BCUT2D eigenvalue weighted by Crippen LogP contribution is 2.31. The summed E-state index contributed by atoms with van der Waals surface area (Å²) in [5.74, 6) is 0. The summed E-state index contributed by atoms with van der Waals surface area (Å²) < 4.78 is 64.8. The Morgan fingerprint density at radius 3 is 2.25 bits per heavy atom. The summed E-state index contributed by atoms with van der Waals surface area (Å²) >= 11 is 0. The summed E-state index contributed by atoms with van der Waals surface area (Å²) in [4.78, 5) is -0.159. The maximum absolute atomic E-state index is 12.6. The number of halogens is 3. The van der Waals surface area contributed by atoms with Gasteiger partial charge in [-0.3, -0.25) is 0 Å². The monoisotopic (exact) mass is 358 g/mol. The number of benzene rings is 2. The molecule has 0 saturated carbocycles. The SMILES string of the molecule is Cc1cc(C(F)(F)F)ccc1S(=O)(=O)NCCc1ccc(N)cc1. The molecule has 2 aromatic carbocycles. The van der Waals surface area contributed by atoms with Crippen molar-refractivity contribution in [3.8, 4) is 0 Å². The zero-order chi connectivity index (χ0) is 18.0. The van der Waals surface area contributed by atoms with E-state index < -0.39 is 21.8 Å². The van der Waals surface area contributed by atoms with Gasteiger partial charge in [0, 0.05) is 12.2 Å². The van der Waals surface area contributed by atoms with Crippen LogP contribution in [0.15, 0.2) is 47.4 Å². The first-order chi connectivity index (χ1) is 11.1. The molecule has 0 amide bonds. The van der Waals surface area contributed by atoms with Crippen LogP contribution in [-0.4, -0.2) is 15.0 Å². The van der Waals surface area contributed by atoms with Crippen LogP contribution in [0, 0.1) is 6.92 Å². The Bertz CT molecular complexity index is 816. The number of hydrogen-bond acceptors (Lipinski definition) is 3. The molecule has 4 nitrogen and oxygen atoms in total. The normalized spacial score (nSPS) is 12.3. The molecule has 0 fully saturated rings. The Hall–Kier alpha value is -2.06. The van der Waals surface area contributed by atoms with Crippen molar-refractivity contribution in [3.63, 3.8) is 0 Å². The average Bonchev–Trinajstić information content (AvgIpc) is 2.48. The molecule has 0 aliphatic heterocycles. The third kappa shape index (κ3) is 4.48. The first kappa shape index (κ1) is 18.3. The third-order valence-electron chi connectivity index (χ3n) is 3.48. The van der Waals surface area contributed by atoms with Crippen LogP contribution in [0.25, 0.3) is 0 Å². The first-order valence-electron chi connectivity index (χ1n) is 7.11. The number of nitrogens with two attached hydrogens (primary N) is 1. The minimum absolute atomic E-state index is 0.0461. The van der Waals surface area contributed by atoms with E-state index in [2.05, 4.69) is 4.72 Å². The largest absolute Gasteiger partial charge is 0.416 e. The van der Waals surface area contributed by atoms with Crippen molar-refractivity contribution in [1.82, 2.24) is 4.72 Å². The van der Waals surface area contributed by atoms with Gasteiger partial charge in [-0.25, -0.2) is 13.1 Å². The number of rotatable bonds is 5. The summed E-state index contributed by atoms with van der Waals surface area (Å²) in [6.07, 6.45) is -4.06. The van der Waals surface area contributed by atoms with Crippen LogP contribution >= 0.6 is 0 Å². The van der Waals surface area contributed by atoms with Gasteiger partial charge in [-0.1, -0.05) is 12.1 Å². The van der Waals surface area contributed by atoms with Gasteiger partial charge in [-0.2, -0.15) is 13.2 Å². The van der Waals surface area contributed by atoms with Crippen LogP contribution in [0.2, 0.25) is 0 Å². The summed E-state index contributed by atoms with van der Waals surface area (Å²) in [5.41, 5.74) is 6.25. The fourth-order valence-electron chi connectivity index (χ4n) is 2.22. The highest BCUT2D eigenvalue weighted by atomic mass is 32.2. The highest BCUT2D eigenvalue weighted by molar-refractivity contribution is 7.89. The highest BCUT2D eigenvalue weighted by Gasteiger charge is 2.31. The van der Waals surface area contributed by atoms with E-state index in [-0.39, 0.29) is 17.0 Å². The standard InChI is InChI=1S/C16H17F3N2O2S/c1-11-10-13(16(17,18)19)4-7-15(11)24(22,23)21-9-8-12-2-5-14(20)6-3-12/h2-7,10,21H,8-9,20H2,1H3. The summed E-state index contributed by atoms with van der Waals surface area (Å²) in [5, 5.41) is 0. The second kappa shape index (κ2) is 6.82. The van der Waals surface area contributed by atoms with Crippen LogP contribution in [0.5, 0.6) is 0 Å². The van der Waals surface area contributed by atoms with E-state index in [4.69, 9.17) is 5.73 Å². The predicted molar refractivity (Wildman–Crippen MR) is 85.9 cm³/mol. The Kier molecular flexibility index (Phi) is 5.19. The molecule has 0 atom stereocenters. The van der Waals surface area contributed by atoms with Crippen molar-refractivity contribution in [1.29, 1.82) is 0 Å². The van der Waals surface area contributed by atoms with E-state index in [1.807, 2.05) is 0 Å². The minimum atomic E-state index is -4.50. The van der Waals surface area contributed by atoms with E-state index in [0.717, 1.165) is 23.8 Å². The lowest BCUT2D eigenvalue weighted by Gasteiger charge is -2.12. The zero-order valence-corrected chi connectivity index (χ0v) is 13.7. The van der Waals surface area contributed by atoms with E-state index in [1.165, 1.54) is 6.92 Å². The molecule has 8 heteroatoms. The Balaban J connectivity index is 2.08. The van der Waals surface area contributed by atoms with Gasteiger partial charge < -0.3 is 5.73 Å². The fourth-order valence-corrected chi connectivity index (χ4v) is 3.48. The molecule has 24 heavy (non-hydrogen) atoms. The number of nitrogen functional groups attached to an aromatic ring is 1. The number of alkyl halides is 3.